The van der Waals surface area contributed by atoms with Crippen LogP contribution in [0.1, 0.15) is 16.8 Å². The molecule has 2 N–H and O–H groups in total. The van der Waals surface area contributed by atoms with Crippen LogP contribution in [0.5, 0.6) is 5.88 Å². The van der Waals surface area contributed by atoms with Crippen molar-refractivity contribution < 1.29 is 23.4 Å². The summed E-state index contributed by atoms with van der Waals surface area (Å²) in [7, 11) is 0. The van der Waals surface area contributed by atoms with Crippen LogP contribution in [0.15, 0.2) is 30.7 Å². The zero-order valence-electron chi connectivity index (χ0n) is 15.8. The summed E-state index contributed by atoms with van der Waals surface area (Å²) in [6.45, 7) is 1.52. The summed E-state index contributed by atoms with van der Waals surface area (Å²) in [5.41, 5.74) is 2.78. The fourth-order valence-electron chi connectivity index (χ4n) is 2.87. The summed E-state index contributed by atoms with van der Waals surface area (Å²) >= 11 is 0. The van der Waals surface area contributed by atoms with E-state index in [0.717, 1.165) is 10.9 Å². The van der Waals surface area contributed by atoms with Crippen molar-refractivity contribution in [1.82, 2.24) is 25.1 Å². The van der Waals surface area contributed by atoms with E-state index in [1.807, 2.05) is 6.07 Å². The Kier molecular flexibility index (Phi) is 6.65. The van der Waals surface area contributed by atoms with Crippen LogP contribution < -0.4 is 10.1 Å². The topological polar surface area (TPSA) is 102 Å². The molecule has 154 valence electrons. The first-order valence-electron chi connectivity index (χ1n) is 9.01. The lowest BCUT2D eigenvalue weighted by Gasteiger charge is -2.09. The number of rotatable bonds is 9. The molecular formula is C19H21F2N5O3. The molecule has 0 aliphatic rings. The molecule has 0 spiro atoms. The number of aromatic nitrogens is 4. The van der Waals surface area contributed by atoms with Gasteiger partial charge in [0.2, 0.25) is 11.8 Å². The van der Waals surface area contributed by atoms with E-state index in [-0.39, 0.29) is 31.4 Å². The molecule has 0 aliphatic heterocycles. The second kappa shape index (κ2) is 9.37. The first-order chi connectivity index (χ1) is 14.0. The number of nitrogens with zero attached hydrogens (tertiary/aromatic N) is 4. The number of halogens is 2. The molecule has 3 aromatic rings. The van der Waals surface area contributed by atoms with E-state index < -0.39 is 13.0 Å². The van der Waals surface area contributed by atoms with E-state index in [0.29, 0.717) is 23.3 Å². The molecule has 0 fully saturated rings. The van der Waals surface area contributed by atoms with Gasteiger partial charge < -0.3 is 15.2 Å². The molecule has 8 nitrogen and oxygen atoms in total. The average molecular weight is 405 g/mol. The Balaban J connectivity index is 1.75. The van der Waals surface area contributed by atoms with Crippen LogP contribution >= 0.6 is 0 Å². The lowest BCUT2D eigenvalue weighted by atomic mass is 10.2. The highest BCUT2D eigenvalue weighted by Crippen LogP contribution is 2.19. The molecule has 0 saturated carbocycles. The fraction of sp³-hybridized carbons (Fsp3) is 0.368. The van der Waals surface area contributed by atoms with Crippen molar-refractivity contribution in [3.63, 3.8) is 0 Å². The van der Waals surface area contributed by atoms with Crippen molar-refractivity contribution in [2.24, 2.45) is 0 Å². The molecule has 0 aliphatic carbocycles. The predicted octanol–water partition coefficient (Wildman–Crippen LogP) is 1.48. The highest BCUT2D eigenvalue weighted by Gasteiger charge is 2.12. The van der Waals surface area contributed by atoms with Crippen molar-refractivity contribution in [3.05, 3.63) is 47.5 Å². The number of hydrogen-bond acceptors (Lipinski definition) is 6. The van der Waals surface area contributed by atoms with Gasteiger partial charge in [0.25, 0.3) is 6.43 Å². The number of ether oxygens (including phenoxy) is 1. The number of amides is 1. The Labute approximate surface area is 165 Å². The smallest absolute Gasteiger partial charge is 0.272 e. The normalized spacial score (nSPS) is 11.2. The maximum Gasteiger partial charge on any atom is 0.272 e. The van der Waals surface area contributed by atoms with Gasteiger partial charge in [0.1, 0.15) is 0 Å². The second-order valence-corrected chi connectivity index (χ2v) is 6.44. The molecule has 0 unspecified atom stereocenters. The maximum absolute atomic E-state index is 12.3. The third-order valence-corrected chi connectivity index (χ3v) is 4.10. The Morgan fingerprint density at radius 1 is 1.38 bits per heavy atom. The van der Waals surface area contributed by atoms with E-state index in [1.165, 1.54) is 0 Å². The maximum atomic E-state index is 12.3. The van der Waals surface area contributed by atoms with Gasteiger partial charge in [0, 0.05) is 36.1 Å². The molecule has 0 radical (unpaired) electrons. The fourth-order valence-corrected chi connectivity index (χ4v) is 2.87. The number of carbonyl (C=O) groups excluding carboxylic acids is 1. The summed E-state index contributed by atoms with van der Waals surface area (Å²) in [6, 6.07) is 3.56. The van der Waals surface area contributed by atoms with Crippen LogP contribution in [0.3, 0.4) is 0 Å². The van der Waals surface area contributed by atoms with Crippen LogP contribution in [0.2, 0.25) is 0 Å². The Hall–Kier alpha value is -3.14. The third-order valence-electron chi connectivity index (χ3n) is 4.10. The Bertz CT molecular complexity index is 993. The number of alkyl halides is 2. The van der Waals surface area contributed by atoms with Crippen LogP contribution in [0, 0.1) is 6.92 Å². The highest BCUT2D eigenvalue weighted by molar-refractivity contribution is 5.86. The van der Waals surface area contributed by atoms with Gasteiger partial charge in [-0.15, -0.1) is 0 Å². The second-order valence-electron chi connectivity index (χ2n) is 6.44. The van der Waals surface area contributed by atoms with Crippen molar-refractivity contribution in [1.29, 1.82) is 0 Å². The Morgan fingerprint density at radius 3 is 2.93 bits per heavy atom. The molecule has 1 amide bonds. The number of carbonyl (C=O) groups is 1. The van der Waals surface area contributed by atoms with Crippen LogP contribution in [-0.4, -0.2) is 56.9 Å². The SMILES string of the molecule is Cc1cc(Cn2cc3c(CC(=O)NCCO)nccc3n2)cnc1OCC(F)F. The minimum atomic E-state index is -2.55. The minimum Gasteiger partial charge on any atom is -0.471 e. The molecule has 10 heteroatoms. The van der Waals surface area contributed by atoms with Crippen LogP contribution in [0.25, 0.3) is 10.9 Å². The molecular weight excluding hydrogens is 384 g/mol. The van der Waals surface area contributed by atoms with Crippen molar-refractivity contribution in [2.75, 3.05) is 19.8 Å². The van der Waals surface area contributed by atoms with Gasteiger partial charge >= 0.3 is 0 Å². The summed E-state index contributed by atoms with van der Waals surface area (Å²) in [5, 5.41) is 16.6. The number of pyridine rings is 2. The average Bonchev–Trinajstić information content (AvgIpc) is 3.09. The monoisotopic (exact) mass is 405 g/mol. The number of fused-ring (bicyclic) bond motifs is 1. The quantitative estimate of drug-likeness (QED) is 0.559. The highest BCUT2D eigenvalue weighted by atomic mass is 19.3. The summed E-state index contributed by atoms with van der Waals surface area (Å²) < 4.78 is 31.3. The molecule has 0 bridgehead atoms. The number of aliphatic hydroxyl groups is 1. The molecule has 3 aromatic heterocycles. The largest absolute Gasteiger partial charge is 0.471 e. The van der Waals surface area contributed by atoms with Gasteiger partial charge in [-0.3, -0.25) is 14.5 Å². The van der Waals surface area contributed by atoms with Gasteiger partial charge in [-0.05, 0) is 24.6 Å². The third kappa shape index (κ3) is 5.44. The van der Waals surface area contributed by atoms with E-state index in [2.05, 4.69) is 20.4 Å². The minimum absolute atomic E-state index is 0.0832. The van der Waals surface area contributed by atoms with Crippen molar-refractivity contribution >= 4 is 16.8 Å². The summed E-state index contributed by atoms with van der Waals surface area (Å²) in [4.78, 5) is 20.3. The molecule has 0 saturated heterocycles. The molecule has 0 atom stereocenters. The van der Waals surface area contributed by atoms with Gasteiger partial charge in [-0.25, -0.2) is 13.8 Å². The standard InChI is InChI=1S/C19H21F2N5O3/c1-12-6-13(8-24-19(12)29-11-17(20)21)9-26-10-14-15(25-26)2-3-22-16(14)7-18(28)23-4-5-27/h2-3,6,8,10,17,27H,4-5,7,9,11H2,1H3,(H,23,28). The van der Waals surface area contributed by atoms with E-state index in [4.69, 9.17) is 9.84 Å². The number of aryl methyl sites for hydroxylation is 1. The molecule has 29 heavy (non-hydrogen) atoms. The molecule has 3 heterocycles. The lowest BCUT2D eigenvalue weighted by Crippen LogP contribution is -2.28. The van der Waals surface area contributed by atoms with Crippen LogP contribution in [-0.2, 0) is 17.8 Å². The number of nitrogens with one attached hydrogen (secondary N) is 1. The summed E-state index contributed by atoms with van der Waals surface area (Å²) in [6.07, 6.45) is 2.48. The predicted molar refractivity (Wildman–Crippen MR) is 101 cm³/mol. The van der Waals surface area contributed by atoms with E-state index in [9.17, 15) is 13.6 Å². The summed E-state index contributed by atoms with van der Waals surface area (Å²) in [5.74, 6) is -0.0499. The van der Waals surface area contributed by atoms with Crippen molar-refractivity contribution in [3.8, 4) is 5.88 Å². The van der Waals surface area contributed by atoms with Gasteiger partial charge in [-0.2, -0.15) is 5.10 Å². The van der Waals surface area contributed by atoms with Gasteiger partial charge in [0.05, 0.1) is 30.8 Å². The zero-order chi connectivity index (χ0) is 20.8. The van der Waals surface area contributed by atoms with Crippen LogP contribution in [0.4, 0.5) is 8.78 Å². The van der Waals surface area contributed by atoms with Gasteiger partial charge in [-0.1, -0.05) is 0 Å². The Morgan fingerprint density at radius 2 is 2.21 bits per heavy atom. The molecule has 3 rings (SSSR count). The van der Waals surface area contributed by atoms with Crippen molar-refractivity contribution in [2.45, 2.75) is 26.3 Å². The van der Waals surface area contributed by atoms with E-state index >= 15 is 0 Å². The number of aliphatic hydroxyl groups excluding tert-OH is 1. The zero-order valence-corrected chi connectivity index (χ0v) is 15.8. The van der Waals surface area contributed by atoms with Gasteiger partial charge in [0.15, 0.2) is 6.61 Å². The molecule has 0 aromatic carbocycles. The number of hydrogen-bond donors (Lipinski definition) is 2. The first kappa shape index (κ1) is 20.6. The first-order valence-corrected chi connectivity index (χ1v) is 9.01. The van der Waals surface area contributed by atoms with E-state index in [1.54, 1.807) is 36.3 Å². The lowest BCUT2D eigenvalue weighted by molar-refractivity contribution is -0.120.